The molecule has 0 atom stereocenters. The van der Waals surface area contributed by atoms with Crippen molar-refractivity contribution in [3.8, 4) is 0 Å². The first-order valence-electron chi connectivity index (χ1n) is 8.90. The van der Waals surface area contributed by atoms with Crippen LogP contribution in [0.1, 0.15) is 24.8 Å². The Bertz CT molecular complexity index is 585. The van der Waals surface area contributed by atoms with Crippen LogP contribution in [0.2, 0.25) is 0 Å². The normalized spacial score (nSPS) is 11.5. The van der Waals surface area contributed by atoms with Crippen molar-refractivity contribution in [3.63, 3.8) is 0 Å². The smallest absolute Gasteiger partial charge is 0.191 e. The molecule has 0 saturated heterocycles. The molecule has 0 bridgehead atoms. The van der Waals surface area contributed by atoms with Crippen LogP contribution in [0.3, 0.4) is 0 Å². The van der Waals surface area contributed by atoms with E-state index in [0.29, 0.717) is 0 Å². The fourth-order valence-corrected chi connectivity index (χ4v) is 2.29. The molecule has 6 heteroatoms. The molecule has 2 aromatic heterocycles. The lowest BCUT2D eigenvalue weighted by Crippen LogP contribution is -2.39. The molecule has 2 aromatic rings. The molecular weight excluding hydrogens is 316 g/mol. The number of aliphatic imine (C=N–C) groups is 1. The first-order chi connectivity index (χ1) is 12.4. The highest BCUT2D eigenvalue weighted by molar-refractivity contribution is 5.79. The summed E-state index contributed by atoms with van der Waals surface area (Å²) >= 11 is 0. The lowest BCUT2D eigenvalue weighted by Gasteiger charge is -2.12. The van der Waals surface area contributed by atoms with Gasteiger partial charge in [0.1, 0.15) is 5.76 Å². The number of hydrogen-bond donors (Lipinski definition) is 2. The van der Waals surface area contributed by atoms with Gasteiger partial charge in [0.2, 0.25) is 0 Å². The summed E-state index contributed by atoms with van der Waals surface area (Å²) in [5.41, 5.74) is 1.07. The van der Waals surface area contributed by atoms with E-state index in [9.17, 15) is 0 Å². The molecule has 2 N–H and O–H groups in total. The Morgan fingerprint density at radius 2 is 2.04 bits per heavy atom. The van der Waals surface area contributed by atoms with Crippen LogP contribution in [0.25, 0.3) is 0 Å². The molecule has 0 aliphatic rings. The minimum absolute atomic E-state index is 0.736. The summed E-state index contributed by atoms with van der Waals surface area (Å²) in [5, 5.41) is 6.72. The van der Waals surface area contributed by atoms with Gasteiger partial charge >= 0.3 is 0 Å². The molecule has 0 aliphatic carbocycles. The van der Waals surface area contributed by atoms with Crippen molar-refractivity contribution in [3.05, 3.63) is 54.2 Å². The summed E-state index contributed by atoms with van der Waals surface area (Å²) < 4.78 is 10.7. The van der Waals surface area contributed by atoms with Crippen LogP contribution in [-0.4, -0.2) is 43.8 Å². The summed E-state index contributed by atoms with van der Waals surface area (Å²) in [7, 11) is 0. The zero-order valence-electron chi connectivity index (χ0n) is 14.9. The monoisotopic (exact) mass is 344 g/mol. The number of furan rings is 1. The fourth-order valence-electron chi connectivity index (χ4n) is 2.29. The average Bonchev–Trinajstić information content (AvgIpc) is 3.15. The highest BCUT2D eigenvalue weighted by Gasteiger charge is 2.01. The van der Waals surface area contributed by atoms with E-state index in [2.05, 4.69) is 20.6 Å². The fraction of sp³-hybridized carbons (Fsp3) is 0.474. The number of rotatable bonds is 11. The second kappa shape index (κ2) is 12.1. The summed E-state index contributed by atoms with van der Waals surface area (Å²) in [6.45, 7) is 5.79. The van der Waals surface area contributed by atoms with Gasteiger partial charge in [-0.05, 0) is 37.6 Å². The largest absolute Gasteiger partial charge is 0.469 e. The van der Waals surface area contributed by atoms with E-state index in [1.54, 1.807) is 6.26 Å². The van der Waals surface area contributed by atoms with Gasteiger partial charge in [0, 0.05) is 57.6 Å². The van der Waals surface area contributed by atoms with Gasteiger partial charge in [-0.3, -0.25) is 9.98 Å². The van der Waals surface area contributed by atoms with Crippen LogP contribution >= 0.6 is 0 Å². The van der Waals surface area contributed by atoms with E-state index < -0.39 is 0 Å². The molecule has 0 aromatic carbocycles. The van der Waals surface area contributed by atoms with Gasteiger partial charge in [0.15, 0.2) is 5.96 Å². The molecule has 136 valence electrons. The van der Waals surface area contributed by atoms with E-state index in [1.165, 1.54) is 0 Å². The zero-order valence-corrected chi connectivity index (χ0v) is 14.9. The lowest BCUT2D eigenvalue weighted by molar-refractivity contribution is 0.146. The SMILES string of the molecule is CCOCCCN=C(NCCc1ccccn1)NCCc1ccco1. The van der Waals surface area contributed by atoms with Gasteiger partial charge in [-0.2, -0.15) is 0 Å². The van der Waals surface area contributed by atoms with Crippen molar-refractivity contribution in [1.82, 2.24) is 15.6 Å². The van der Waals surface area contributed by atoms with Crippen molar-refractivity contribution in [2.24, 2.45) is 4.99 Å². The van der Waals surface area contributed by atoms with Crippen molar-refractivity contribution < 1.29 is 9.15 Å². The van der Waals surface area contributed by atoms with Crippen molar-refractivity contribution in [1.29, 1.82) is 0 Å². The zero-order chi connectivity index (χ0) is 17.6. The molecule has 0 amide bonds. The summed E-state index contributed by atoms with van der Waals surface area (Å²) in [6.07, 6.45) is 6.12. The molecule has 0 unspecified atom stereocenters. The van der Waals surface area contributed by atoms with Gasteiger partial charge in [-0.25, -0.2) is 0 Å². The quantitative estimate of drug-likeness (QED) is 0.372. The van der Waals surface area contributed by atoms with Gasteiger partial charge in [0.25, 0.3) is 0 Å². The standard InChI is InChI=1S/C19H28N4O2/c1-2-24-15-6-12-21-19(23-14-10-18-8-5-16-25-18)22-13-9-17-7-3-4-11-20-17/h3-5,7-8,11,16H,2,6,9-10,12-15H2,1H3,(H2,21,22,23). The topological polar surface area (TPSA) is 71.7 Å². The lowest BCUT2D eigenvalue weighted by atomic mass is 10.3. The van der Waals surface area contributed by atoms with E-state index in [-0.39, 0.29) is 0 Å². The maximum atomic E-state index is 5.35. The number of nitrogens with zero attached hydrogens (tertiary/aromatic N) is 2. The Balaban J connectivity index is 1.74. The van der Waals surface area contributed by atoms with E-state index >= 15 is 0 Å². The van der Waals surface area contributed by atoms with Crippen molar-refractivity contribution >= 4 is 5.96 Å². The highest BCUT2D eigenvalue weighted by atomic mass is 16.5. The third kappa shape index (κ3) is 8.35. The van der Waals surface area contributed by atoms with Crippen LogP contribution in [0.5, 0.6) is 0 Å². The third-order valence-electron chi connectivity index (χ3n) is 3.56. The second-order valence-electron chi connectivity index (χ2n) is 5.53. The Hall–Kier alpha value is -2.34. The Morgan fingerprint density at radius 1 is 1.16 bits per heavy atom. The van der Waals surface area contributed by atoms with Crippen LogP contribution in [0, 0.1) is 0 Å². The van der Waals surface area contributed by atoms with Gasteiger partial charge < -0.3 is 19.8 Å². The summed E-state index contributed by atoms with van der Waals surface area (Å²) in [4.78, 5) is 8.95. The molecule has 0 radical (unpaired) electrons. The Morgan fingerprint density at radius 3 is 2.76 bits per heavy atom. The van der Waals surface area contributed by atoms with Crippen LogP contribution in [-0.2, 0) is 17.6 Å². The van der Waals surface area contributed by atoms with Crippen LogP contribution in [0.15, 0.2) is 52.2 Å². The molecule has 0 aliphatic heterocycles. The number of nitrogens with one attached hydrogen (secondary N) is 2. The minimum Gasteiger partial charge on any atom is -0.469 e. The maximum absolute atomic E-state index is 5.35. The predicted molar refractivity (Wildman–Crippen MR) is 99.8 cm³/mol. The minimum atomic E-state index is 0.736. The van der Waals surface area contributed by atoms with E-state index in [4.69, 9.17) is 9.15 Å². The molecule has 6 nitrogen and oxygen atoms in total. The maximum Gasteiger partial charge on any atom is 0.191 e. The molecule has 2 rings (SSSR count). The molecule has 0 fully saturated rings. The Kier molecular flexibility index (Phi) is 9.18. The first kappa shape index (κ1) is 19.0. The molecule has 2 heterocycles. The first-order valence-corrected chi connectivity index (χ1v) is 8.90. The number of ether oxygens (including phenoxy) is 1. The second-order valence-corrected chi connectivity index (χ2v) is 5.53. The van der Waals surface area contributed by atoms with E-state index in [1.807, 2.05) is 43.5 Å². The number of hydrogen-bond acceptors (Lipinski definition) is 4. The number of pyridine rings is 1. The van der Waals surface area contributed by atoms with Crippen molar-refractivity contribution in [2.45, 2.75) is 26.2 Å². The molecule has 0 saturated carbocycles. The van der Waals surface area contributed by atoms with Crippen molar-refractivity contribution in [2.75, 3.05) is 32.8 Å². The molecule has 0 spiro atoms. The highest BCUT2D eigenvalue weighted by Crippen LogP contribution is 1.99. The molecule has 25 heavy (non-hydrogen) atoms. The summed E-state index contributed by atoms with van der Waals surface area (Å²) in [5.74, 6) is 1.79. The number of guanidine groups is 1. The van der Waals surface area contributed by atoms with Gasteiger partial charge in [0.05, 0.1) is 6.26 Å². The van der Waals surface area contributed by atoms with E-state index in [0.717, 1.165) is 69.5 Å². The van der Waals surface area contributed by atoms with Gasteiger partial charge in [-0.1, -0.05) is 6.07 Å². The van der Waals surface area contributed by atoms with Crippen LogP contribution in [0.4, 0.5) is 0 Å². The van der Waals surface area contributed by atoms with Crippen LogP contribution < -0.4 is 10.6 Å². The summed E-state index contributed by atoms with van der Waals surface area (Å²) in [6, 6.07) is 9.86. The Labute approximate surface area is 149 Å². The van der Waals surface area contributed by atoms with Gasteiger partial charge in [-0.15, -0.1) is 0 Å². The average molecular weight is 344 g/mol. The number of aromatic nitrogens is 1. The third-order valence-corrected chi connectivity index (χ3v) is 3.56. The molecular formula is C19H28N4O2. The predicted octanol–water partition coefficient (Wildman–Crippen LogP) is 2.42.